The van der Waals surface area contributed by atoms with Crippen LogP contribution in [0.3, 0.4) is 0 Å². The predicted octanol–water partition coefficient (Wildman–Crippen LogP) is 2.46. The fourth-order valence-electron chi connectivity index (χ4n) is 3.23. The molecule has 24 heavy (non-hydrogen) atoms. The van der Waals surface area contributed by atoms with Gasteiger partial charge >= 0.3 is 11.6 Å². The van der Waals surface area contributed by atoms with E-state index < -0.39 is 0 Å². The number of fused-ring (bicyclic) bond motifs is 1. The third kappa shape index (κ3) is 2.12. The number of rotatable bonds is 2. The van der Waals surface area contributed by atoms with Crippen molar-refractivity contribution in [3.63, 3.8) is 0 Å². The fourth-order valence-corrected chi connectivity index (χ4v) is 3.23. The molecule has 0 aliphatic heterocycles. The molecule has 0 atom stereocenters. The summed E-state index contributed by atoms with van der Waals surface area (Å²) in [7, 11) is 6.05. The summed E-state index contributed by atoms with van der Waals surface area (Å²) in [5.41, 5.74) is 6.16. The molecule has 0 aliphatic rings. The lowest BCUT2D eigenvalue weighted by atomic mass is 10.2. The average Bonchev–Trinajstić information content (AvgIpc) is 3.08. The Kier molecular flexibility index (Phi) is 3.23. The van der Waals surface area contributed by atoms with Crippen molar-refractivity contribution in [2.45, 2.75) is 6.92 Å². The standard InChI is InChI=1S/C19H20N4O/c1-13-12-17(23(4)20-13)14-9-7-10-16(21(14)2)19-22(3)15-8-5-6-11-18(15)24-19/h5-12H,1-4H3/q+2. The van der Waals surface area contributed by atoms with Gasteiger partial charge in [0.25, 0.3) is 5.52 Å². The van der Waals surface area contributed by atoms with E-state index in [9.17, 15) is 0 Å². The van der Waals surface area contributed by atoms with Crippen LogP contribution in [0, 0.1) is 6.92 Å². The zero-order valence-corrected chi connectivity index (χ0v) is 14.3. The highest BCUT2D eigenvalue weighted by Gasteiger charge is 2.30. The van der Waals surface area contributed by atoms with Crippen LogP contribution in [0.2, 0.25) is 0 Å². The van der Waals surface area contributed by atoms with E-state index in [0.29, 0.717) is 0 Å². The van der Waals surface area contributed by atoms with Gasteiger partial charge in [0.15, 0.2) is 0 Å². The number of hydrogen-bond acceptors (Lipinski definition) is 2. The first-order valence-electron chi connectivity index (χ1n) is 7.94. The van der Waals surface area contributed by atoms with Gasteiger partial charge in [-0.25, -0.2) is 0 Å². The van der Waals surface area contributed by atoms with E-state index in [1.165, 1.54) is 0 Å². The van der Waals surface area contributed by atoms with Crippen molar-refractivity contribution in [3.05, 3.63) is 54.2 Å². The van der Waals surface area contributed by atoms with Gasteiger partial charge in [-0.2, -0.15) is 14.2 Å². The third-order valence-electron chi connectivity index (χ3n) is 4.45. The number of hydrogen-bond donors (Lipinski definition) is 0. The highest BCUT2D eigenvalue weighted by atomic mass is 16.4. The van der Waals surface area contributed by atoms with Crippen LogP contribution >= 0.6 is 0 Å². The second-order valence-electron chi connectivity index (χ2n) is 6.08. The minimum atomic E-state index is 0.833. The van der Waals surface area contributed by atoms with E-state index in [0.717, 1.165) is 39.8 Å². The highest BCUT2D eigenvalue weighted by Crippen LogP contribution is 2.22. The number of benzene rings is 1. The largest absolute Gasteiger partial charge is 0.448 e. The maximum Gasteiger partial charge on any atom is 0.448 e. The van der Waals surface area contributed by atoms with Crippen molar-refractivity contribution in [1.82, 2.24) is 9.78 Å². The molecule has 0 bridgehead atoms. The van der Waals surface area contributed by atoms with Gasteiger partial charge in [0.2, 0.25) is 11.3 Å². The summed E-state index contributed by atoms with van der Waals surface area (Å²) >= 11 is 0. The fraction of sp³-hybridized carbons (Fsp3) is 0.211. The summed E-state index contributed by atoms with van der Waals surface area (Å²) in [4.78, 5) is 0. The molecule has 0 saturated heterocycles. The number of nitrogens with zero attached hydrogens (tertiary/aromatic N) is 4. The maximum absolute atomic E-state index is 6.11. The smallest absolute Gasteiger partial charge is 0.393 e. The van der Waals surface area contributed by atoms with Crippen LogP contribution in [0.4, 0.5) is 0 Å². The van der Waals surface area contributed by atoms with Crippen LogP contribution in [0.25, 0.3) is 34.1 Å². The van der Waals surface area contributed by atoms with Gasteiger partial charge in [-0.1, -0.05) is 12.1 Å². The molecule has 4 aromatic rings. The summed E-state index contributed by atoms with van der Waals surface area (Å²) in [6.45, 7) is 2.01. The molecular weight excluding hydrogens is 300 g/mol. The number of aromatic nitrogens is 4. The van der Waals surface area contributed by atoms with Crippen LogP contribution in [0.1, 0.15) is 5.69 Å². The summed E-state index contributed by atoms with van der Waals surface area (Å²) in [6.07, 6.45) is 0. The lowest BCUT2D eigenvalue weighted by Gasteiger charge is -2.02. The van der Waals surface area contributed by atoms with Gasteiger partial charge in [-0.15, -0.1) is 0 Å². The van der Waals surface area contributed by atoms with Crippen molar-refractivity contribution in [2.24, 2.45) is 21.1 Å². The molecule has 0 aliphatic carbocycles. The van der Waals surface area contributed by atoms with E-state index in [1.807, 2.05) is 43.9 Å². The maximum atomic E-state index is 6.11. The van der Waals surface area contributed by atoms with E-state index in [2.05, 4.69) is 51.6 Å². The molecule has 0 fully saturated rings. The van der Waals surface area contributed by atoms with Gasteiger partial charge in [-0.3, -0.25) is 4.68 Å². The second-order valence-corrected chi connectivity index (χ2v) is 6.08. The third-order valence-corrected chi connectivity index (χ3v) is 4.45. The zero-order chi connectivity index (χ0) is 16.8. The molecule has 4 rings (SSSR count). The van der Waals surface area contributed by atoms with Crippen molar-refractivity contribution in [3.8, 4) is 23.0 Å². The van der Waals surface area contributed by atoms with Gasteiger partial charge in [0.1, 0.15) is 19.8 Å². The van der Waals surface area contributed by atoms with E-state index in [4.69, 9.17) is 4.42 Å². The molecule has 3 heterocycles. The topological polar surface area (TPSA) is 38.7 Å². The van der Waals surface area contributed by atoms with Crippen LogP contribution in [0.15, 0.2) is 52.9 Å². The van der Waals surface area contributed by atoms with Gasteiger partial charge < -0.3 is 4.42 Å². The second kappa shape index (κ2) is 5.30. The van der Waals surface area contributed by atoms with Crippen molar-refractivity contribution < 1.29 is 13.6 Å². The van der Waals surface area contributed by atoms with E-state index >= 15 is 0 Å². The summed E-state index contributed by atoms with van der Waals surface area (Å²) < 4.78 is 12.3. The SMILES string of the molecule is Cc1cc(-c2cccc(-c3oc4ccccc4[n+]3C)[n+]2C)n(C)n1. The molecule has 1 aromatic carbocycles. The van der Waals surface area contributed by atoms with Gasteiger partial charge in [0, 0.05) is 25.2 Å². The number of para-hydroxylation sites is 2. The number of oxazole rings is 1. The summed E-state index contributed by atoms with van der Waals surface area (Å²) in [5.74, 6) is 0.833. The summed E-state index contributed by atoms with van der Waals surface area (Å²) in [5, 5.41) is 4.46. The molecule has 5 nitrogen and oxygen atoms in total. The lowest BCUT2D eigenvalue weighted by Crippen LogP contribution is -2.39. The molecule has 0 spiro atoms. The Balaban J connectivity index is 1.95. The molecule has 5 heteroatoms. The first-order valence-corrected chi connectivity index (χ1v) is 7.94. The first-order chi connectivity index (χ1) is 11.6. The highest BCUT2D eigenvalue weighted by molar-refractivity contribution is 5.70. The van der Waals surface area contributed by atoms with Crippen LogP contribution in [0.5, 0.6) is 0 Å². The summed E-state index contributed by atoms with van der Waals surface area (Å²) in [6, 6.07) is 16.4. The van der Waals surface area contributed by atoms with Gasteiger partial charge in [-0.05, 0) is 25.1 Å². The van der Waals surface area contributed by atoms with Crippen molar-refractivity contribution in [1.29, 1.82) is 0 Å². The van der Waals surface area contributed by atoms with E-state index in [1.54, 1.807) is 0 Å². The quantitative estimate of drug-likeness (QED) is 0.532. The van der Waals surface area contributed by atoms with Crippen LogP contribution in [-0.2, 0) is 21.1 Å². The Labute approximate surface area is 140 Å². The minimum Gasteiger partial charge on any atom is -0.393 e. The first kappa shape index (κ1) is 14.6. The van der Waals surface area contributed by atoms with Crippen LogP contribution in [-0.4, -0.2) is 9.78 Å². The Bertz CT molecular complexity index is 1060. The number of pyridine rings is 1. The average molecular weight is 320 g/mol. The monoisotopic (exact) mass is 320 g/mol. The Morgan fingerprint density at radius 1 is 0.958 bits per heavy atom. The molecule has 120 valence electrons. The minimum absolute atomic E-state index is 0.833. The Morgan fingerprint density at radius 2 is 1.71 bits per heavy atom. The molecule has 0 radical (unpaired) electrons. The normalized spacial score (nSPS) is 11.3. The van der Waals surface area contributed by atoms with Crippen LogP contribution < -0.4 is 9.13 Å². The predicted molar refractivity (Wildman–Crippen MR) is 90.9 cm³/mol. The Hall–Kier alpha value is -2.95. The van der Waals surface area contributed by atoms with Crippen molar-refractivity contribution >= 4 is 11.1 Å². The number of aryl methyl sites for hydroxylation is 3. The Morgan fingerprint density at radius 3 is 2.42 bits per heavy atom. The zero-order valence-electron chi connectivity index (χ0n) is 14.3. The molecular formula is C19H20N4O+2. The molecule has 0 saturated carbocycles. The molecule has 0 unspecified atom stereocenters. The van der Waals surface area contributed by atoms with E-state index in [-0.39, 0.29) is 0 Å². The molecule has 0 amide bonds. The lowest BCUT2D eigenvalue weighted by molar-refractivity contribution is -0.675. The molecule has 0 N–H and O–H groups in total. The van der Waals surface area contributed by atoms with Crippen molar-refractivity contribution in [2.75, 3.05) is 0 Å². The van der Waals surface area contributed by atoms with Gasteiger partial charge in [0.05, 0.1) is 5.69 Å². The molecule has 3 aromatic heterocycles.